The van der Waals surface area contributed by atoms with E-state index in [-0.39, 0.29) is 6.61 Å². The zero-order chi connectivity index (χ0) is 24.1. The van der Waals surface area contributed by atoms with Crippen LogP contribution < -0.4 is 0 Å². The fraction of sp³-hybridized carbons (Fsp3) is 0.280. The van der Waals surface area contributed by atoms with E-state index in [0.717, 1.165) is 42.7 Å². The lowest BCUT2D eigenvalue weighted by atomic mass is 9.97. The first-order valence-corrected chi connectivity index (χ1v) is 12.6. The van der Waals surface area contributed by atoms with Crippen LogP contribution in [0.25, 0.3) is 15.4 Å². The van der Waals surface area contributed by atoms with Gasteiger partial charge >= 0.3 is 5.97 Å². The topological polar surface area (TPSA) is 101 Å². The van der Waals surface area contributed by atoms with E-state index in [1.165, 1.54) is 4.88 Å². The van der Waals surface area contributed by atoms with Gasteiger partial charge in [-0.3, -0.25) is 14.4 Å². The Morgan fingerprint density at radius 3 is 2.41 bits per heavy atom. The predicted molar refractivity (Wildman–Crippen MR) is 134 cm³/mol. The van der Waals surface area contributed by atoms with Crippen molar-refractivity contribution in [3.05, 3.63) is 74.5 Å². The van der Waals surface area contributed by atoms with Gasteiger partial charge in [0.25, 0.3) is 0 Å². The number of aliphatic carboxylic acids is 1. The molecule has 1 unspecified atom stereocenters. The van der Waals surface area contributed by atoms with Crippen LogP contribution in [0.1, 0.15) is 51.1 Å². The Morgan fingerprint density at radius 1 is 1.06 bits per heavy atom. The summed E-state index contributed by atoms with van der Waals surface area (Å²) in [7, 11) is 0. The highest BCUT2D eigenvalue weighted by Crippen LogP contribution is 2.41. The Hall–Kier alpha value is -3.14. The maximum atomic E-state index is 12.0. The van der Waals surface area contributed by atoms with Crippen LogP contribution in [0.4, 0.5) is 0 Å². The lowest BCUT2D eigenvalue weighted by molar-refractivity contribution is -0.141. The molecule has 4 heterocycles. The number of aromatic nitrogens is 3. The first-order chi connectivity index (χ1) is 16.3. The summed E-state index contributed by atoms with van der Waals surface area (Å²) < 4.78 is 1.97. The summed E-state index contributed by atoms with van der Waals surface area (Å²) in [6, 6.07) is 11.4. The average Bonchev–Trinajstić information content (AvgIpc) is 3.50. The Labute approximate surface area is 205 Å². The number of aliphatic imine (C=N–C) groups is 1. The smallest absolute Gasteiger partial charge is 0.308 e. The van der Waals surface area contributed by atoms with Gasteiger partial charge in [0.1, 0.15) is 16.9 Å². The summed E-state index contributed by atoms with van der Waals surface area (Å²) in [5.74, 6) is -0.429. The van der Waals surface area contributed by atoms with Gasteiger partial charge in [0.15, 0.2) is 5.82 Å². The molecule has 5 rings (SSSR count). The highest BCUT2D eigenvalue weighted by Gasteiger charge is 2.36. The third kappa shape index (κ3) is 3.60. The normalized spacial score (nSPS) is 15.9. The molecule has 0 aliphatic carbocycles. The summed E-state index contributed by atoms with van der Waals surface area (Å²) in [6.07, 6.45) is 0. The Morgan fingerprint density at radius 2 is 1.76 bits per heavy atom. The van der Waals surface area contributed by atoms with E-state index in [4.69, 9.17) is 4.99 Å². The van der Waals surface area contributed by atoms with E-state index in [1.54, 1.807) is 29.6 Å². The number of benzene rings is 1. The molecular formula is C25H24N4O3S2. The number of rotatable bonds is 5. The second-order valence-corrected chi connectivity index (χ2v) is 10.8. The minimum atomic E-state index is -0.925. The molecule has 1 aliphatic heterocycles. The Kier molecular flexibility index (Phi) is 5.71. The Balaban J connectivity index is 1.69. The van der Waals surface area contributed by atoms with Crippen molar-refractivity contribution in [3.8, 4) is 15.4 Å². The molecule has 0 spiro atoms. The van der Waals surface area contributed by atoms with E-state index in [2.05, 4.69) is 24.0 Å². The van der Waals surface area contributed by atoms with Gasteiger partial charge in [-0.1, -0.05) is 24.3 Å². The number of carboxylic acids is 1. The van der Waals surface area contributed by atoms with Crippen LogP contribution in [-0.4, -0.2) is 36.7 Å². The fourth-order valence-electron chi connectivity index (χ4n) is 4.23. The number of aliphatic hydroxyl groups excluding tert-OH is 1. The van der Waals surface area contributed by atoms with Crippen molar-refractivity contribution in [2.24, 2.45) is 10.9 Å². The van der Waals surface area contributed by atoms with E-state index in [0.29, 0.717) is 11.6 Å². The molecule has 1 aromatic carbocycles. The minimum Gasteiger partial charge on any atom is -0.481 e. The van der Waals surface area contributed by atoms with Crippen LogP contribution in [0.3, 0.4) is 0 Å². The molecule has 3 aromatic heterocycles. The second kappa shape index (κ2) is 8.57. The number of thiophene rings is 2. The average molecular weight is 493 g/mol. The molecule has 0 amide bonds. The maximum absolute atomic E-state index is 12.0. The van der Waals surface area contributed by atoms with Crippen molar-refractivity contribution >= 4 is 34.4 Å². The van der Waals surface area contributed by atoms with Crippen LogP contribution in [0, 0.1) is 26.7 Å². The highest BCUT2D eigenvalue weighted by molar-refractivity contribution is 7.15. The van der Waals surface area contributed by atoms with E-state index in [9.17, 15) is 15.0 Å². The molecule has 1 aliphatic rings. The molecule has 0 radical (unpaired) electrons. The molecule has 7 nitrogen and oxygen atoms in total. The number of nitrogens with zero attached hydrogens (tertiary/aromatic N) is 4. The third-order valence-corrected chi connectivity index (χ3v) is 8.62. The molecular weight excluding hydrogens is 468 g/mol. The molecule has 0 bridgehead atoms. The molecule has 2 atom stereocenters. The van der Waals surface area contributed by atoms with Crippen LogP contribution >= 0.6 is 22.7 Å². The first-order valence-electron chi connectivity index (χ1n) is 10.9. The number of aryl methyl sites for hydroxylation is 2. The first kappa shape index (κ1) is 22.6. The summed E-state index contributed by atoms with van der Waals surface area (Å²) >= 11 is 3.21. The third-order valence-electron chi connectivity index (χ3n) is 6.31. The molecule has 34 heavy (non-hydrogen) atoms. The van der Waals surface area contributed by atoms with Gasteiger partial charge in [-0.2, -0.15) is 0 Å². The molecule has 4 aromatic rings. The van der Waals surface area contributed by atoms with Gasteiger partial charge < -0.3 is 10.2 Å². The van der Waals surface area contributed by atoms with Crippen molar-refractivity contribution in [1.82, 2.24) is 14.8 Å². The molecule has 9 heteroatoms. The standard InChI is InChI=1S/C25H24N4O3S2/c1-12-14(3)33-24-20(12)22(17-7-5-16(6-8-17)19-10-9-18(11-30)34-19)26-21(13(2)25(31)32)23-28-27-15(4)29(23)24/h5-10,13,21,30H,11H2,1-4H3,(H,31,32)/t13?,21-/m0/s1. The zero-order valence-corrected chi connectivity index (χ0v) is 20.9. The quantitative estimate of drug-likeness (QED) is 0.404. The fourth-order valence-corrected chi connectivity index (χ4v) is 6.31. The summed E-state index contributed by atoms with van der Waals surface area (Å²) in [5, 5.41) is 28.8. The van der Waals surface area contributed by atoms with Gasteiger partial charge in [0, 0.05) is 25.8 Å². The van der Waals surface area contributed by atoms with Crippen molar-refractivity contribution in [1.29, 1.82) is 0 Å². The number of carbonyl (C=O) groups is 1. The number of hydrogen-bond acceptors (Lipinski definition) is 7. The van der Waals surface area contributed by atoms with Crippen molar-refractivity contribution in [2.75, 3.05) is 0 Å². The van der Waals surface area contributed by atoms with Crippen molar-refractivity contribution in [2.45, 2.75) is 40.3 Å². The highest BCUT2D eigenvalue weighted by atomic mass is 32.1. The van der Waals surface area contributed by atoms with Gasteiger partial charge in [0.05, 0.1) is 18.2 Å². The Bertz CT molecular complexity index is 1430. The minimum absolute atomic E-state index is 0.0331. The van der Waals surface area contributed by atoms with Crippen molar-refractivity contribution < 1.29 is 15.0 Å². The number of hydrogen-bond donors (Lipinski definition) is 2. The zero-order valence-electron chi connectivity index (χ0n) is 19.2. The van der Waals surface area contributed by atoms with Gasteiger partial charge in [-0.25, -0.2) is 0 Å². The summed E-state index contributed by atoms with van der Waals surface area (Å²) in [5.41, 5.74) is 4.87. The van der Waals surface area contributed by atoms with Gasteiger partial charge in [-0.05, 0) is 51.0 Å². The summed E-state index contributed by atoms with van der Waals surface area (Å²) in [4.78, 5) is 20.2. The lowest BCUT2D eigenvalue weighted by Gasteiger charge is -2.16. The number of fused-ring (bicyclic) bond motifs is 3. The SMILES string of the molecule is Cc1sc2c(c1C)C(c1ccc(-c3ccc(CO)s3)cc1)=N[C@@H](C(C)C(=O)O)c1nnc(C)n1-2. The largest absolute Gasteiger partial charge is 0.481 e. The van der Waals surface area contributed by atoms with Crippen LogP contribution in [0.5, 0.6) is 0 Å². The predicted octanol–water partition coefficient (Wildman–Crippen LogP) is 5.09. The molecule has 0 fully saturated rings. The van der Waals surface area contributed by atoms with Crippen LogP contribution in [0.2, 0.25) is 0 Å². The number of carboxylic acid groups (broad SMARTS) is 1. The number of aliphatic hydroxyl groups is 1. The molecule has 0 saturated heterocycles. The van der Waals surface area contributed by atoms with Crippen molar-refractivity contribution in [3.63, 3.8) is 0 Å². The van der Waals surface area contributed by atoms with E-state index < -0.39 is 17.9 Å². The van der Waals surface area contributed by atoms with E-state index >= 15 is 0 Å². The van der Waals surface area contributed by atoms with Gasteiger partial charge in [-0.15, -0.1) is 32.9 Å². The summed E-state index contributed by atoms with van der Waals surface area (Å²) in [6.45, 7) is 7.75. The second-order valence-electron chi connectivity index (χ2n) is 8.46. The van der Waals surface area contributed by atoms with Crippen LogP contribution in [-0.2, 0) is 11.4 Å². The monoisotopic (exact) mass is 492 g/mol. The molecule has 2 N–H and O–H groups in total. The van der Waals surface area contributed by atoms with Gasteiger partial charge in [0.2, 0.25) is 0 Å². The van der Waals surface area contributed by atoms with E-state index in [1.807, 2.05) is 47.9 Å². The molecule has 174 valence electrons. The molecule has 0 saturated carbocycles. The maximum Gasteiger partial charge on any atom is 0.308 e. The van der Waals surface area contributed by atoms with Crippen LogP contribution in [0.15, 0.2) is 41.4 Å². The lowest BCUT2D eigenvalue weighted by Crippen LogP contribution is -2.21.